The fourth-order valence-corrected chi connectivity index (χ4v) is 1.47. The van der Waals surface area contributed by atoms with Crippen LogP contribution in [0.15, 0.2) is 30.6 Å². The zero-order valence-corrected chi connectivity index (χ0v) is 9.07. The van der Waals surface area contributed by atoms with Crippen molar-refractivity contribution in [3.63, 3.8) is 0 Å². The van der Waals surface area contributed by atoms with Crippen molar-refractivity contribution in [1.82, 2.24) is 9.78 Å². The summed E-state index contributed by atoms with van der Waals surface area (Å²) in [6.45, 7) is 4.74. The van der Waals surface area contributed by atoms with Crippen molar-refractivity contribution in [2.24, 2.45) is 5.73 Å². The van der Waals surface area contributed by atoms with E-state index in [-0.39, 0.29) is 0 Å². The summed E-state index contributed by atoms with van der Waals surface area (Å²) in [5.41, 5.74) is 10.2. The molecular weight excluding hydrogens is 186 g/mol. The quantitative estimate of drug-likeness (QED) is 0.807. The molecule has 1 heterocycles. The molecule has 3 heteroatoms. The van der Waals surface area contributed by atoms with Gasteiger partial charge in [-0.25, -0.2) is 4.68 Å². The van der Waals surface area contributed by atoms with Gasteiger partial charge in [-0.05, 0) is 37.1 Å². The van der Waals surface area contributed by atoms with E-state index >= 15 is 0 Å². The Labute approximate surface area is 89.5 Å². The average Bonchev–Trinajstić information content (AvgIpc) is 2.70. The molecule has 0 bridgehead atoms. The molecule has 0 fully saturated rings. The van der Waals surface area contributed by atoms with E-state index < -0.39 is 0 Å². The Kier molecular flexibility index (Phi) is 2.56. The standard InChI is InChI=1S/C12H15N3/c1-9-3-4-12(5-10(9)2)15-8-11(6-13)7-14-15/h3-5,7-8H,6,13H2,1-2H3. The van der Waals surface area contributed by atoms with E-state index in [0.29, 0.717) is 6.54 Å². The Hall–Kier alpha value is -1.61. The molecule has 2 N–H and O–H groups in total. The van der Waals surface area contributed by atoms with Gasteiger partial charge in [0.2, 0.25) is 0 Å². The lowest BCUT2D eigenvalue weighted by Gasteiger charge is -2.04. The van der Waals surface area contributed by atoms with Crippen molar-refractivity contribution >= 4 is 0 Å². The smallest absolute Gasteiger partial charge is 0.0648 e. The molecule has 0 aliphatic rings. The molecule has 0 atom stereocenters. The molecule has 15 heavy (non-hydrogen) atoms. The van der Waals surface area contributed by atoms with Gasteiger partial charge in [-0.15, -0.1) is 0 Å². The van der Waals surface area contributed by atoms with E-state index in [0.717, 1.165) is 11.3 Å². The molecular formula is C12H15N3. The third-order valence-corrected chi connectivity index (χ3v) is 2.63. The van der Waals surface area contributed by atoms with Crippen molar-refractivity contribution in [2.75, 3.05) is 0 Å². The molecule has 0 aliphatic heterocycles. The molecule has 0 amide bonds. The third-order valence-electron chi connectivity index (χ3n) is 2.63. The fourth-order valence-electron chi connectivity index (χ4n) is 1.47. The second-order valence-electron chi connectivity index (χ2n) is 3.77. The van der Waals surface area contributed by atoms with Crippen LogP contribution in [0.2, 0.25) is 0 Å². The van der Waals surface area contributed by atoms with Gasteiger partial charge >= 0.3 is 0 Å². The first kappa shape index (κ1) is 9.93. The Morgan fingerprint density at radius 1 is 1.27 bits per heavy atom. The largest absolute Gasteiger partial charge is 0.326 e. The van der Waals surface area contributed by atoms with Crippen LogP contribution in [0.25, 0.3) is 5.69 Å². The highest BCUT2D eigenvalue weighted by atomic mass is 15.3. The van der Waals surface area contributed by atoms with Crippen molar-refractivity contribution < 1.29 is 0 Å². The van der Waals surface area contributed by atoms with Gasteiger partial charge in [-0.2, -0.15) is 5.10 Å². The number of hydrogen-bond acceptors (Lipinski definition) is 2. The Bertz CT molecular complexity index is 471. The second kappa shape index (κ2) is 3.87. The summed E-state index contributed by atoms with van der Waals surface area (Å²) in [5, 5.41) is 4.26. The fraction of sp³-hybridized carbons (Fsp3) is 0.250. The first-order chi connectivity index (χ1) is 7.20. The molecule has 3 nitrogen and oxygen atoms in total. The van der Waals surface area contributed by atoms with Crippen molar-refractivity contribution in [1.29, 1.82) is 0 Å². The molecule has 2 aromatic rings. The summed E-state index contributed by atoms with van der Waals surface area (Å²) in [7, 11) is 0. The van der Waals surface area contributed by atoms with Crippen LogP contribution < -0.4 is 5.73 Å². The van der Waals surface area contributed by atoms with Crippen LogP contribution in [0.4, 0.5) is 0 Å². The van der Waals surface area contributed by atoms with E-state index in [1.807, 2.05) is 10.9 Å². The maximum Gasteiger partial charge on any atom is 0.0648 e. The minimum absolute atomic E-state index is 0.533. The zero-order valence-electron chi connectivity index (χ0n) is 9.07. The van der Waals surface area contributed by atoms with Gasteiger partial charge in [0.1, 0.15) is 0 Å². The summed E-state index contributed by atoms with van der Waals surface area (Å²) in [6.07, 6.45) is 3.76. The van der Waals surface area contributed by atoms with Crippen LogP contribution in [-0.2, 0) is 6.54 Å². The van der Waals surface area contributed by atoms with Crippen LogP contribution in [0.5, 0.6) is 0 Å². The van der Waals surface area contributed by atoms with E-state index in [9.17, 15) is 0 Å². The molecule has 0 unspecified atom stereocenters. The van der Waals surface area contributed by atoms with E-state index in [4.69, 9.17) is 5.73 Å². The number of hydrogen-bond donors (Lipinski definition) is 1. The highest BCUT2D eigenvalue weighted by Crippen LogP contribution is 2.13. The van der Waals surface area contributed by atoms with Crippen LogP contribution in [0, 0.1) is 13.8 Å². The highest BCUT2D eigenvalue weighted by Gasteiger charge is 2.00. The molecule has 1 aromatic heterocycles. The lowest BCUT2D eigenvalue weighted by molar-refractivity contribution is 0.877. The van der Waals surface area contributed by atoms with E-state index in [1.165, 1.54) is 11.1 Å². The normalized spacial score (nSPS) is 10.6. The minimum atomic E-state index is 0.533. The van der Waals surface area contributed by atoms with Gasteiger partial charge in [0, 0.05) is 18.3 Å². The number of aromatic nitrogens is 2. The minimum Gasteiger partial charge on any atom is -0.326 e. The summed E-state index contributed by atoms with van der Waals surface area (Å²) in [5.74, 6) is 0. The Morgan fingerprint density at radius 2 is 2.07 bits per heavy atom. The van der Waals surface area contributed by atoms with Gasteiger partial charge in [0.15, 0.2) is 0 Å². The number of nitrogens with two attached hydrogens (primary N) is 1. The van der Waals surface area contributed by atoms with Crippen molar-refractivity contribution in [3.05, 3.63) is 47.3 Å². The monoisotopic (exact) mass is 201 g/mol. The molecule has 78 valence electrons. The van der Waals surface area contributed by atoms with Crippen LogP contribution in [0.3, 0.4) is 0 Å². The average molecular weight is 201 g/mol. The van der Waals surface area contributed by atoms with Gasteiger partial charge in [0.25, 0.3) is 0 Å². The molecule has 0 aliphatic carbocycles. The lowest BCUT2D eigenvalue weighted by atomic mass is 10.1. The number of aryl methyl sites for hydroxylation is 2. The summed E-state index contributed by atoms with van der Waals surface area (Å²) < 4.78 is 1.86. The Balaban J connectivity index is 2.40. The van der Waals surface area contributed by atoms with Crippen molar-refractivity contribution in [2.45, 2.75) is 20.4 Å². The van der Waals surface area contributed by atoms with Gasteiger partial charge in [0.05, 0.1) is 11.9 Å². The summed E-state index contributed by atoms with van der Waals surface area (Å²) in [6, 6.07) is 6.30. The number of benzene rings is 1. The van der Waals surface area contributed by atoms with Gasteiger partial charge in [-0.3, -0.25) is 0 Å². The molecule has 1 aromatic carbocycles. The van der Waals surface area contributed by atoms with Crippen LogP contribution in [-0.4, -0.2) is 9.78 Å². The molecule has 0 spiro atoms. The summed E-state index contributed by atoms with van der Waals surface area (Å²) >= 11 is 0. The topological polar surface area (TPSA) is 43.8 Å². The maximum atomic E-state index is 5.54. The van der Waals surface area contributed by atoms with E-state index in [2.05, 4.69) is 37.1 Å². The molecule has 2 rings (SSSR count). The molecule has 0 saturated heterocycles. The van der Waals surface area contributed by atoms with Gasteiger partial charge in [-0.1, -0.05) is 6.07 Å². The Morgan fingerprint density at radius 3 is 2.67 bits per heavy atom. The maximum absolute atomic E-state index is 5.54. The SMILES string of the molecule is Cc1ccc(-n2cc(CN)cn2)cc1C. The van der Waals surface area contributed by atoms with Crippen LogP contribution >= 0.6 is 0 Å². The van der Waals surface area contributed by atoms with Crippen LogP contribution in [0.1, 0.15) is 16.7 Å². The third kappa shape index (κ3) is 1.92. The van der Waals surface area contributed by atoms with E-state index in [1.54, 1.807) is 6.20 Å². The van der Waals surface area contributed by atoms with Crippen molar-refractivity contribution in [3.8, 4) is 5.69 Å². The predicted molar refractivity (Wildman–Crippen MR) is 60.9 cm³/mol. The zero-order chi connectivity index (χ0) is 10.8. The number of nitrogens with zero attached hydrogens (tertiary/aromatic N) is 2. The van der Waals surface area contributed by atoms with Gasteiger partial charge < -0.3 is 5.73 Å². The molecule has 0 saturated carbocycles. The first-order valence-corrected chi connectivity index (χ1v) is 5.02. The number of rotatable bonds is 2. The summed E-state index contributed by atoms with van der Waals surface area (Å²) in [4.78, 5) is 0. The molecule has 0 radical (unpaired) electrons. The highest BCUT2D eigenvalue weighted by molar-refractivity contribution is 5.39. The first-order valence-electron chi connectivity index (χ1n) is 5.02. The second-order valence-corrected chi connectivity index (χ2v) is 3.77. The predicted octanol–water partition coefficient (Wildman–Crippen LogP) is 1.95. The lowest BCUT2D eigenvalue weighted by Crippen LogP contribution is -1.96.